The summed E-state index contributed by atoms with van der Waals surface area (Å²) in [4.78, 5) is 12.3. The Morgan fingerprint density at radius 3 is 2.36 bits per heavy atom. The van der Waals surface area contributed by atoms with Gasteiger partial charge in [0.2, 0.25) is 5.91 Å². The number of hydrogen-bond donors (Lipinski definition) is 2. The SMILES string of the molecule is CCc1ccc(NC(=O)CNC(c2ccc(OC)cc2)C2CC2)cc1. The van der Waals surface area contributed by atoms with E-state index in [1.807, 2.05) is 36.4 Å². The molecule has 2 N–H and O–H groups in total. The Balaban J connectivity index is 1.56. The molecule has 1 atom stereocenters. The van der Waals surface area contributed by atoms with Gasteiger partial charge in [0, 0.05) is 11.7 Å². The molecule has 132 valence electrons. The molecule has 25 heavy (non-hydrogen) atoms. The average molecular weight is 338 g/mol. The van der Waals surface area contributed by atoms with Gasteiger partial charge < -0.3 is 15.4 Å². The molecule has 4 heteroatoms. The highest BCUT2D eigenvalue weighted by atomic mass is 16.5. The van der Waals surface area contributed by atoms with Crippen molar-refractivity contribution < 1.29 is 9.53 Å². The van der Waals surface area contributed by atoms with Gasteiger partial charge in [0.1, 0.15) is 5.75 Å². The first-order chi connectivity index (χ1) is 12.2. The molecule has 0 heterocycles. The number of carbonyl (C=O) groups is 1. The Bertz CT molecular complexity index is 691. The summed E-state index contributed by atoms with van der Waals surface area (Å²) in [7, 11) is 1.67. The van der Waals surface area contributed by atoms with Gasteiger partial charge in [-0.25, -0.2) is 0 Å². The largest absolute Gasteiger partial charge is 0.497 e. The standard InChI is InChI=1S/C21H26N2O2/c1-3-15-4-10-18(11-5-15)23-20(24)14-22-21(16-6-7-16)17-8-12-19(25-2)13-9-17/h4-5,8-13,16,21-22H,3,6-7,14H2,1-2H3,(H,23,24). The second-order valence-corrected chi connectivity index (χ2v) is 6.57. The number of amides is 1. The Morgan fingerprint density at radius 1 is 1.12 bits per heavy atom. The molecule has 0 aliphatic heterocycles. The van der Waals surface area contributed by atoms with Gasteiger partial charge in [-0.05, 0) is 60.6 Å². The smallest absolute Gasteiger partial charge is 0.238 e. The fourth-order valence-electron chi connectivity index (χ4n) is 3.03. The van der Waals surface area contributed by atoms with Gasteiger partial charge in [0.25, 0.3) is 0 Å². The highest BCUT2D eigenvalue weighted by Gasteiger charge is 2.32. The van der Waals surface area contributed by atoms with E-state index in [2.05, 4.69) is 29.7 Å². The zero-order valence-electron chi connectivity index (χ0n) is 14.9. The number of ether oxygens (including phenoxy) is 1. The minimum absolute atomic E-state index is 0.0107. The van der Waals surface area contributed by atoms with Crippen molar-refractivity contribution in [1.29, 1.82) is 0 Å². The van der Waals surface area contributed by atoms with Gasteiger partial charge in [-0.15, -0.1) is 0 Å². The summed E-state index contributed by atoms with van der Waals surface area (Å²) in [6.45, 7) is 2.43. The van der Waals surface area contributed by atoms with Gasteiger partial charge in [0.15, 0.2) is 0 Å². The maximum Gasteiger partial charge on any atom is 0.238 e. The molecule has 0 saturated heterocycles. The van der Waals surface area contributed by atoms with Gasteiger partial charge >= 0.3 is 0 Å². The number of hydrogen-bond acceptors (Lipinski definition) is 3. The summed E-state index contributed by atoms with van der Waals surface area (Å²) in [5.41, 5.74) is 3.32. The molecule has 1 aliphatic carbocycles. The third kappa shape index (κ3) is 4.83. The molecule has 0 bridgehead atoms. The van der Waals surface area contributed by atoms with E-state index >= 15 is 0 Å². The minimum Gasteiger partial charge on any atom is -0.497 e. The first-order valence-corrected chi connectivity index (χ1v) is 8.95. The maximum atomic E-state index is 12.3. The number of anilines is 1. The number of rotatable bonds is 8. The Hall–Kier alpha value is -2.33. The molecule has 2 aromatic carbocycles. The van der Waals surface area contributed by atoms with Crippen LogP contribution in [0.1, 0.15) is 36.9 Å². The van der Waals surface area contributed by atoms with E-state index in [1.165, 1.54) is 24.0 Å². The number of methoxy groups -OCH3 is 1. The van der Waals surface area contributed by atoms with E-state index in [0.717, 1.165) is 17.9 Å². The van der Waals surface area contributed by atoms with Crippen LogP contribution in [0, 0.1) is 5.92 Å². The van der Waals surface area contributed by atoms with Crippen LogP contribution in [0.25, 0.3) is 0 Å². The van der Waals surface area contributed by atoms with Crippen LogP contribution in [0.3, 0.4) is 0 Å². The molecular formula is C21H26N2O2. The van der Waals surface area contributed by atoms with Gasteiger partial charge in [-0.2, -0.15) is 0 Å². The van der Waals surface area contributed by atoms with Crippen molar-refractivity contribution in [1.82, 2.24) is 5.32 Å². The van der Waals surface area contributed by atoms with E-state index in [0.29, 0.717) is 12.5 Å². The molecule has 1 aliphatic rings. The van der Waals surface area contributed by atoms with E-state index in [-0.39, 0.29) is 11.9 Å². The first kappa shape index (κ1) is 17.5. The van der Waals surface area contributed by atoms with Crippen LogP contribution in [0.4, 0.5) is 5.69 Å². The Kier molecular flexibility index (Phi) is 5.71. The number of carbonyl (C=O) groups excluding carboxylic acids is 1. The average Bonchev–Trinajstić information content (AvgIpc) is 3.48. The molecule has 1 saturated carbocycles. The van der Waals surface area contributed by atoms with E-state index in [4.69, 9.17) is 4.74 Å². The van der Waals surface area contributed by atoms with Crippen LogP contribution in [0.5, 0.6) is 5.75 Å². The second kappa shape index (κ2) is 8.17. The van der Waals surface area contributed by atoms with Crippen molar-refractivity contribution in [3.63, 3.8) is 0 Å². The minimum atomic E-state index is -0.0107. The molecule has 2 aromatic rings. The second-order valence-electron chi connectivity index (χ2n) is 6.57. The highest BCUT2D eigenvalue weighted by molar-refractivity contribution is 5.92. The summed E-state index contributed by atoms with van der Waals surface area (Å²) in [6, 6.07) is 16.3. The molecule has 1 fully saturated rings. The lowest BCUT2D eigenvalue weighted by Gasteiger charge is -2.19. The zero-order valence-corrected chi connectivity index (χ0v) is 14.9. The van der Waals surface area contributed by atoms with Crippen molar-refractivity contribution in [2.75, 3.05) is 19.0 Å². The van der Waals surface area contributed by atoms with E-state index in [1.54, 1.807) is 7.11 Å². The predicted molar refractivity (Wildman–Crippen MR) is 101 cm³/mol. The van der Waals surface area contributed by atoms with E-state index in [9.17, 15) is 4.79 Å². The number of nitrogens with one attached hydrogen (secondary N) is 2. The Labute approximate surface area is 149 Å². The van der Waals surface area contributed by atoms with Gasteiger partial charge in [-0.1, -0.05) is 31.2 Å². The van der Waals surface area contributed by atoms with Crippen LogP contribution in [0.15, 0.2) is 48.5 Å². The summed E-state index contributed by atoms with van der Waals surface area (Å²) in [5.74, 6) is 1.46. The molecule has 1 unspecified atom stereocenters. The summed E-state index contributed by atoms with van der Waals surface area (Å²) < 4.78 is 5.22. The fourth-order valence-corrected chi connectivity index (χ4v) is 3.03. The van der Waals surface area contributed by atoms with Crippen LogP contribution in [-0.4, -0.2) is 19.6 Å². The molecule has 0 aromatic heterocycles. The van der Waals surface area contributed by atoms with Crippen LogP contribution < -0.4 is 15.4 Å². The van der Waals surface area contributed by atoms with E-state index < -0.39 is 0 Å². The molecule has 1 amide bonds. The topological polar surface area (TPSA) is 50.4 Å². The quantitative estimate of drug-likeness (QED) is 0.766. The van der Waals surface area contributed by atoms with Crippen LogP contribution in [-0.2, 0) is 11.2 Å². The van der Waals surface area contributed by atoms with Crippen molar-refractivity contribution in [3.05, 3.63) is 59.7 Å². The third-order valence-corrected chi connectivity index (χ3v) is 4.70. The van der Waals surface area contributed by atoms with Crippen LogP contribution in [0.2, 0.25) is 0 Å². The number of aryl methyl sites for hydroxylation is 1. The lowest BCUT2D eigenvalue weighted by atomic mass is 10.0. The zero-order chi connectivity index (χ0) is 17.6. The monoisotopic (exact) mass is 338 g/mol. The summed E-state index contributed by atoms with van der Waals surface area (Å²) in [5, 5.41) is 6.38. The van der Waals surface area contributed by atoms with Crippen molar-refractivity contribution in [2.45, 2.75) is 32.2 Å². The molecule has 0 radical (unpaired) electrons. The number of benzene rings is 2. The maximum absolute atomic E-state index is 12.3. The van der Waals surface area contributed by atoms with Gasteiger partial charge in [-0.3, -0.25) is 4.79 Å². The van der Waals surface area contributed by atoms with Gasteiger partial charge in [0.05, 0.1) is 13.7 Å². The molecular weight excluding hydrogens is 312 g/mol. The van der Waals surface area contributed by atoms with Crippen molar-refractivity contribution in [3.8, 4) is 5.75 Å². The van der Waals surface area contributed by atoms with Crippen molar-refractivity contribution in [2.24, 2.45) is 5.92 Å². The lowest BCUT2D eigenvalue weighted by Crippen LogP contribution is -2.32. The molecule has 0 spiro atoms. The normalized spacial score (nSPS) is 14.8. The Morgan fingerprint density at radius 2 is 1.80 bits per heavy atom. The first-order valence-electron chi connectivity index (χ1n) is 8.95. The van der Waals surface area contributed by atoms with Crippen molar-refractivity contribution >= 4 is 11.6 Å². The lowest BCUT2D eigenvalue weighted by molar-refractivity contribution is -0.115. The van der Waals surface area contributed by atoms with Crippen LogP contribution >= 0.6 is 0 Å². The fraction of sp³-hybridized carbons (Fsp3) is 0.381. The highest BCUT2D eigenvalue weighted by Crippen LogP contribution is 2.41. The molecule has 3 rings (SSSR count). The predicted octanol–water partition coefficient (Wildman–Crippen LogP) is 3.94. The summed E-state index contributed by atoms with van der Waals surface area (Å²) >= 11 is 0. The molecule has 4 nitrogen and oxygen atoms in total. The summed E-state index contributed by atoms with van der Waals surface area (Å²) in [6.07, 6.45) is 3.42. The third-order valence-electron chi connectivity index (χ3n) is 4.70.